The van der Waals surface area contributed by atoms with E-state index in [0.717, 1.165) is 16.7 Å². The molecule has 0 unspecified atom stereocenters. The maximum Gasteiger partial charge on any atom is 0.191 e. The number of hydrogen-bond acceptors (Lipinski definition) is 4. The number of aromatic nitrogens is 1. The number of aliphatic imine (C=N–C) groups is 1. The fourth-order valence-corrected chi connectivity index (χ4v) is 2.40. The summed E-state index contributed by atoms with van der Waals surface area (Å²) in [5, 5.41) is 9.78. The Kier molecular flexibility index (Phi) is 8.86. The highest BCUT2D eigenvalue weighted by molar-refractivity contribution is 14.0. The molecule has 128 valence electrons. The smallest absolute Gasteiger partial charge is 0.191 e. The molecule has 0 bridgehead atoms. The second-order valence-electron chi connectivity index (χ2n) is 6.64. The van der Waals surface area contributed by atoms with E-state index < -0.39 is 0 Å². The monoisotopic (exact) mass is 440 g/mol. The van der Waals surface area contributed by atoms with Crippen LogP contribution in [-0.4, -0.2) is 37.2 Å². The first-order valence-electron chi connectivity index (χ1n) is 7.12. The van der Waals surface area contributed by atoms with Crippen LogP contribution >= 0.6 is 35.3 Å². The van der Waals surface area contributed by atoms with E-state index in [9.17, 15) is 0 Å². The first-order valence-corrected chi connectivity index (χ1v) is 8.00. The highest BCUT2D eigenvalue weighted by atomic mass is 127. The number of thiazole rings is 1. The Morgan fingerprint density at radius 2 is 1.91 bits per heavy atom. The molecule has 2 N–H and O–H groups in total. The van der Waals surface area contributed by atoms with Crippen molar-refractivity contribution in [2.75, 3.05) is 20.7 Å². The van der Waals surface area contributed by atoms with E-state index in [0.29, 0.717) is 13.1 Å². The summed E-state index contributed by atoms with van der Waals surface area (Å²) in [6.45, 7) is 11.9. The van der Waals surface area contributed by atoms with Crippen LogP contribution in [0.3, 0.4) is 0 Å². The highest BCUT2D eigenvalue weighted by Crippen LogP contribution is 2.25. The van der Waals surface area contributed by atoms with Gasteiger partial charge in [-0.2, -0.15) is 0 Å². The largest absolute Gasteiger partial charge is 0.377 e. The molecule has 1 heterocycles. The van der Waals surface area contributed by atoms with E-state index in [2.05, 4.69) is 46.8 Å². The van der Waals surface area contributed by atoms with Crippen LogP contribution in [0.15, 0.2) is 10.4 Å². The zero-order chi connectivity index (χ0) is 16.1. The molecule has 0 spiro atoms. The van der Waals surface area contributed by atoms with Crippen molar-refractivity contribution in [3.8, 4) is 0 Å². The van der Waals surface area contributed by atoms with Crippen molar-refractivity contribution in [3.63, 3.8) is 0 Å². The fraction of sp³-hybridized carbons (Fsp3) is 0.733. The Hall–Kier alpha value is -0.410. The second kappa shape index (κ2) is 9.02. The van der Waals surface area contributed by atoms with Gasteiger partial charge in [0.05, 0.1) is 22.8 Å². The third kappa shape index (κ3) is 7.23. The van der Waals surface area contributed by atoms with Crippen molar-refractivity contribution in [1.29, 1.82) is 0 Å². The van der Waals surface area contributed by atoms with Crippen molar-refractivity contribution in [3.05, 3.63) is 16.1 Å². The fourth-order valence-electron chi connectivity index (χ4n) is 1.50. The lowest BCUT2D eigenvalue weighted by Gasteiger charge is -2.24. The van der Waals surface area contributed by atoms with Crippen LogP contribution in [0, 0.1) is 0 Å². The quantitative estimate of drug-likeness (QED) is 0.420. The third-order valence-electron chi connectivity index (χ3n) is 3.09. The molecule has 7 heteroatoms. The standard InChI is InChI=1S/C15H28N4OS.HI/c1-14(2,3)12-19-11(9-21-12)8-17-13(16-6)18-10-15(4,5)20-7;/h9H,8,10H2,1-7H3,(H2,16,17,18);1H. The zero-order valence-electron chi connectivity index (χ0n) is 14.6. The zero-order valence-corrected chi connectivity index (χ0v) is 17.8. The van der Waals surface area contributed by atoms with Gasteiger partial charge in [-0.25, -0.2) is 4.98 Å². The number of hydrogen-bond donors (Lipinski definition) is 2. The summed E-state index contributed by atoms with van der Waals surface area (Å²) in [6, 6.07) is 0. The maximum atomic E-state index is 5.38. The molecule has 0 aromatic carbocycles. The van der Waals surface area contributed by atoms with Crippen LogP contribution in [0.5, 0.6) is 0 Å². The normalized spacial score (nSPS) is 12.8. The topological polar surface area (TPSA) is 58.5 Å². The van der Waals surface area contributed by atoms with E-state index >= 15 is 0 Å². The van der Waals surface area contributed by atoms with Crippen molar-refractivity contribution in [2.24, 2.45) is 4.99 Å². The number of rotatable bonds is 5. The van der Waals surface area contributed by atoms with E-state index in [1.54, 1.807) is 25.5 Å². The second-order valence-corrected chi connectivity index (χ2v) is 7.50. The Labute approximate surface area is 155 Å². The summed E-state index contributed by atoms with van der Waals surface area (Å²) in [5.74, 6) is 0.755. The minimum atomic E-state index is -0.225. The summed E-state index contributed by atoms with van der Waals surface area (Å²) >= 11 is 1.71. The Bertz CT molecular complexity index is 480. The summed E-state index contributed by atoms with van der Waals surface area (Å²) in [4.78, 5) is 8.87. The van der Waals surface area contributed by atoms with Crippen molar-refractivity contribution in [1.82, 2.24) is 15.6 Å². The molecular formula is C15H29IN4OS. The average molecular weight is 440 g/mol. The van der Waals surface area contributed by atoms with Gasteiger partial charge in [-0.05, 0) is 13.8 Å². The first-order chi connectivity index (χ1) is 9.68. The predicted molar refractivity (Wildman–Crippen MR) is 106 cm³/mol. The van der Waals surface area contributed by atoms with Gasteiger partial charge in [0, 0.05) is 31.5 Å². The molecule has 0 aliphatic rings. The molecule has 0 atom stereocenters. The van der Waals surface area contributed by atoms with Gasteiger partial charge in [0.15, 0.2) is 5.96 Å². The van der Waals surface area contributed by atoms with E-state index in [-0.39, 0.29) is 35.0 Å². The van der Waals surface area contributed by atoms with Gasteiger partial charge in [0.25, 0.3) is 0 Å². The van der Waals surface area contributed by atoms with Crippen molar-refractivity contribution in [2.45, 2.75) is 52.2 Å². The SMILES string of the molecule is CN=C(NCc1csc(C(C)(C)C)n1)NCC(C)(C)OC.I. The lowest BCUT2D eigenvalue weighted by Crippen LogP contribution is -2.45. The molecule has 5 nitrogen and oxygen atoms in total. The number of ether oxygens (including phenoxy) is 1. The number of nitrogens with zero attached hydrogens (tertiary/aromatic N) is 2. The minimum absolute atomic E-state index is 0. The molecule has 0 saturated heterocycles. The Morgan fingerprint density at radius 3 is 2.36 bits per heavy atom. The molecule has 0 amide bonds. The molecule has 1 aromatic rings. The summed E-state index contributed by atoms with van der Waals surface area (Å²) in [5.41, 5.74) is 0.919. The van der Waals surface area contributed by atoms with Crippen molar-refractivity contribution >= 4 is 41.3 Å². The molecule has 0 aliphatic carbocycles. The average Bonchev–Trinajstić information content (AvgIpc) is 2.88. The number of guanidine groups is 1. The summed E-state index contributed by atoms with van der Waals surface area (Å²) in [6.07, 6.45) is 0. The molecule has 0 radical (unpaired) electrons. The Morgan fingerprint density at radius 1 is 1.27 bits per heavy atom. The summed E-state index contributed by atoms with van der Waals surface area (Å²) in [7, 11) is 3.47. The number of nitrogens with one attached hydrogen (secondary N) is 2. The van der Waals surface area contributed by atoms with E-state index in [4.69, 9.17) is 4.74 Å². The van der Waals surface area contributed by atoms with E-state index in [1.165, 1.54) is 0 Å². The minimum Gasteiger partial charge on any atom is -0.377 e. The van der Waals surface area contributed by atoms with Crippen LogP contribution in [0.1, 0.15) is 45.3 Å². The van der Waals surface area contributed by atoms with Gasteiger partial charge >= 0.3 is 0 Å². The van der Waals surface area contributed by atoms with Crippen LogP contribution in [0.4, 0.5) is 0 Å². The highest BCUT2D eigenvalue weighted by Gasteiger charge is 2.18. The molecule has 0 fully saturated rings. The van der Waals surface area contributed by atoms with Gasteiger partial charge in [0.1, 0.15) is 0 Å². The van der Waals surface area contributed by atoms with Crippen LogP contribution in [0.2, 0.25) is 0 Å². The molecule has 1 aromatic heterocycles. The molecule has 22 heavy (non-hydrogen) atoms. The maximum absolute atomic E-state index is 5.38. The predicted octanol–water partition coefficient (Wildman–Crippen LogP) is 3.15. The van der Waals surface area contributed by atoms with Crippen LogP contribution in [-0.2, 0) is 16.7 Å². The molecule has 0 aliphatic heterocycles. The third-order valence-corrected chi connectivity index (χ3v) is 4.40. The Balaban J connectivity index is 0.00000441. The lowest BCUT2D eigenvalue weighted by molar-refractivity contribution is 0.0268. The van der Waals surface area contributed by atoms with Gasteiger partial charge in [-0.3, -0.25) is 4.99 Å². The summed E-state index contributed by atoms with van der Waals surface area (Å²) < 4.78 is 5.38. The van der Waals surface area contributed by atoms with Crippen LogP contribution < -0.4 is 10.6 Å². The van der Waals surface area contributed by atoms with Gasteiger partial charge in [-0.1, -0.05) is 20.8 Å². The van der Waals surface area contributed by atoms with Crippen LogP contribution in [0.25, 0.3) is 0 Å². The first kappa shape index (κ1) is 21.6. The number of halogens is 1. The van der Waals surface area contributed by atoms with Crippen molar-refractivity contribution < 1.29 is 4.74 Å². The molecule has 1 rings (SSSR count). The molecular weight excluding hydrogens is 411 g/mol. The van der Waals surface area contributed by atoms with Gasteiger partial charge in [-0.15, -0.1) is 35.3 Å². The van der Waals surface area contributed by atoms with Gasteiger partial charge in [0.2, 0.25) is 0 Å². The number of methoxy groups -OCH3 is 1. The van der Waals surface area contributed by atoms with E-state index in [1.807, 2.05) is 13.8 Å². The lowest BCUT2D eigenvalue weighted by atomic mass is 9.98. The molecule has 0 saturated carbocycles. The van der Waals surface area contributed by atoms with Gasteiger partial charge < -0.3 is 15.4 Å².